The standard InChI is InChI=1S/C31H36N4O4/c1-22(2)34(20-23-10-6-5-7-11-23)31(37)21-35-26-13-9-8-12-25(26)33-29(35)16-17-32-30(36)19-24-14-15-27(38-3)28(18-24)39-4/h5-15,18,22H,16-17,19-21H2,1-4H3,(H,32,36). The van der Waals surface area contributed by atoms with Crippen LogP contribution in [0, 0.1) is 0 Å². The Morgan fingerprint density at radius 2 is 1.64 bits per heavy atom. The van der Waals surface area contributed by atoms with Gasteiger partial charge in [0, 0.05) is 25.6 Å². The SMILES string of the molecule is COc1ccc(CC(=O)NCCc2nc3ccccc3n2CC(=O)N(Cc2ccccc2)C(C)C)cc1OC. The Hall–Kier alpha value is -4.33. The van der Waals surface area contributed by atoms with Crippen molar-refractivity contribution in [2.24, 2.45) is 0 Å². The minimum atomic E-state index is -0.102. The fourth-order valence-corrected chi connectivity index (χ4v) is 4.61. The van der Waals surface area contributed by atoms with Gasteiger partial charge >= 0.3 is 0 Å². The number of nitrogens with zero attached hydrogens (tertiary/aromatic N) is 3. The summed E-state index contributed by atoms with van der Waals surface area (Å²) in [6.45, 7) is 5.19. The normalized spacial score (nSPS) is 11.0. The maximum absolute atomic E-state index is 13.5. The molecule has 39 heavy (non-hydrogen) atoms. The molecule has 1 aromatic heterocycles. The number of methoxy groups -OCH3 is 2. The second-order valence-electron chi connectivity index (χ2n) is 9.67. The highest BCUT2D eigenvalue weighted by atomic mass is 16.5. The second kappa shape index (κ2) is 13.0. The zero-order valence-electron chi connectivity index (χ0n) is 23.0. The second-order valence-corrected chi connectivity index (χ2v) is 9.67. The van der Waals surface area contributed by atoms with Gasteiger partial charge in [-0.05, 0) is 49.2 Å². The van der Waals surface area contributed by atoms with Gasteiger partial charge in [-0.15, -0.1) is 0 Å². The lowest BCUT2D eigenvalue weighted by molar-refractivity contribution is -0.134. The molecule has 204 valence electrons. The van der Waals surface area contributed by atoms with Crippen molar-refractivity contribution >= 4 is 22.8 Å². The van der Waals surface area contributed by atoms with E-state index in [9.17, 15) is 9.59 Å². The third-order valence-electron chi connectivity index (χ3n) is 6.65. The van der Waals surface area contributed by atoms with Crippen molar-refractivity contribution in [3.8, 4) is 11.5 Å². The molecule has 0 saturated heterocycles. The quantitative estimate of drug-likeness (QED) is 0.295. The number of nitrogens with one attached hydrogen (secondary N) is 1. The van der Waals surface area contributed by atoms with Crippen LogP contribution in [0.3, 0.4) is 0 Å². The molecule has 0 unspecified atom stereocenters. The molecule has 0 aliphatic rings. The molecular formula is C31H36N4O4. The molecule has 0 aliphatic heterocycles. The smallest absolute Gasteiger partial charge is 0.243 e. The summed E-state index contributed by atoms with van der Waals surface area (Å²) in [4.78, 5) is 32.9. The fourth-order valence-electron chi connectivity index (χ4n) is 4.61. The Morgan fingerprint density at radius 3 is 2.36 bits per heavy atom. The van der Waals surface area contributed by atoms with Gasteiger partial charge in [-0.3, -0.25) is 9.59 Å². The molecule has 0 atom stereocenters. The first-order chi connectivity index (χ1) is 18.9. The third-order valence-corrected chi connectivity index (χ3v) is 6.65. The van der Waals surface area contributed by atoms with Crippen LogP contribution in [0.4, 0.5) is 0 Å². The van der Waals surface area contributed by atoms with E-state index in [1.54, 1.807) is 26.4 Å². The molecule has 0 aliphatic carbocycles. The van der Waals surface area contributed by atoms with Crippen molar-refractivity contribution in [1.82, 2.24) is 19.8 Å². The van der Waals surface area contributed by atoms with E-state index in [1.807, 2.05) is 84.0 Å². The predicted molar refractivity (Wildman–Crippen MR) is 152 cm³/mol. The summed E-state index contributed by atoms with van der Waals surface area (Å²) < 4.78 is 12.6. The summed E-state index contributed by atoms with van der Waals surface area (Å²) in [6.07, 6.45) is 0.720. The highest BCUT2D eigenvalue weighted by Gasteiger charge is 2.21. The molecule has 8 nitrogen and oxygen atoms in total. The monoisotopic (exact) mass is 528 g/mol. The lowest BCUT2D eigenvalue weighted by Crippen LogP contribution is -2.39. The van der Waals surface area contributed by atoms with Crippen molar-refractivity contribution < 1.29 is 19.1 Å². The molecule has 1 N–H and O–H groups in total. The number of para-hydroxylation sites is 2. The van der Waals surface area contributed by atoms with E-state index in [0.29, 0.717) is 31.0 Å². The molecule has 1 heterocycles. The first-order valence-corrected chi connectivity index (χ1v) is 13.1. The average molecular weight is 529 g/mol. The Labute approximate surface area is 229 Å². The van der Waals surface area contributed by atoms with E-state index in [0.717, 1.165) is 28.0 Å². The van der Waals surface area contributed by atoms with Crippen LogP contribution < -0.4 is 14.8 Å². The topological polar surface area (TPSA) is 85.7 Å². The molecule has 0 fully saturated rings. The maximum atomic E-state index is 13.5. The van der Waals surface area contributed by atoms with Gasteiger partial charge in [-0.25, -0.2) is 4.98 Å². The summed E-state index contributed by atoms with van der Waals surface area (Å²) in [5.41, 5.74) is 3.65. The van der Waals surface area contributed by atoms with Crippen LogP contribution >= 0.6 is 0 Å². The molecule has 0 bridgehead atoms. The summed E-state index contributed by atoms with van der Waals surface area (Å²) in [6, 6.07) is 23.3. The number of ether oxygens (including phenoxy) is 2. The summed E-state index contributed by atoms with van der Waals surface area (Å²) in [5, 5.41) is 2.98. The van der Waals surface area contributed by atoms with Crippen LogP contribution in [0.2, 0.25) is 0 Å². The maximum Gasteiger partial charge on any atom is 0.243 e. The number of rotatable bonds is 12. The average Bonchev–Trinajstić information content (AvgIpc) is 3.28. The number of carbonyl (C=O) groups is 2. The minimum absolute atomic E-state index is 0.0238. The van der Waals surface area contributed by atoms with Crippen molar-refractivity contribution in [1.29, 1.82) is 0 Å². The number of benzene rings is 3. The zero-order valence-corrected chi connectivity index (χ0v) is 23.0. The molecule has 4 aromatic rings. The first-order valence-electron chi connectivity index (χ1n) is 13.1. The van der Waals surface area contributed by atoms with Crippen LogP contribution in [0.5, 0.6) is 11.5 Å². The molecule has 2 amide bonds. The summed E-state index contributed by atoms with van der Waals surface area (Å²) in [7, 11) is 3.15. The van der Waals surface area contributed by atoms with Crippen LogP contribution in [0.25, 0.3) is 11.0 Å². The number of fused-ring (bicyclic) bond motifs is 1. The number of aromatic nitrogens is 2. The van der Waals surface area contributed by atoms with Crippen molar-refractivity contribution in [2.45, 2.75) is 45.8 Å². The lowest BCUT2D eigenvalue weighted by atomic mass is 10.1. The lowest BCUT2D eigenvalue weighted by Gasteiger charge is -2.27. The van der Waals surface area contributed by atoms with Gasteiger partial charge in [0.2, 0.25) is 11.8 Å². The van der Waals surface area contributed by atoms with E-state index in [-0.39, 0.29) is 30.8 Å². The Balaban J connectivity index is 1.44. The Bertz CT molecular complexity index is 1410. The molecule has 0 saturated carbocycles. The van der Waals surface area contributed by atoms with Gasteiger partial charge in [0.15, 0.2) is 11.5 Å². The molecule has 0 spiro atoms. The summed E-state index contributed by atoms with van der Waals surface area (Å²) in [5.74, 6) is 1.89. The molecule has 4 rings (SSSR count). The van der Waals surface area contributed by atoms with E-state index >= 15 is 0 Å². The van der Waals surface area contributed by atoms with E-state index in [1.165, 1.54) is 0 Å². The number of amides is 2. The van der Waals surface area contributed by atoms with Gasteiger partial charge in [-0.1, -0.05) is 48.5 Å². The predicted octanol–water partition coefficient (Wildman–Crippen LogP) is 4.39. The highest BCUT2D eigenvalue weighted by Crippen LogP contribution is 2.27. The number of imidazole rings is 1. The van der Waals surface area contributed by atoms with Gasteiger partial charge in [-0.2, -0.15) is 0 Å². The third kappa shape index (κ3) is 6.96. The van der Waals surface area contributed by atoms with Crippen molar-refractivity contribution in [2.75, 3.05) is 20.8 Å². The van der Waals surface area contributed by atoms with Crippen molar-refractivity contribution in [3.05, 3.63) is 89.7 Å². The van der Waals surface area contributed by atoms with Crippen LogP contribution in [-0.2, 0) is 35.5 Å². The zero-order chi connectivity index (χ0) is 27.8. The van der Waals surface area contributed by atoms with E-state index in [4.69, 9.17) is 14.5 Å². The summed E-state index contributed by atoms with van der Waals surface area (Å²) >= 11 is 0. The molecule has 3 aromatic carbocycles. The Morgan fingerprint density at radius 1 is 0.923 bits per heavy atom. The number of hydrogen-bond acceptors (Lipinski definition) is 5. The molecule has 0 radical (unpaired) electrons. The van der Waals surface area contributed by atoms with Crippen LogP contribution in [0.1, 0.15) is 30.8 Å². The van der Waals surface area contributed by atoms with Crippen LogP contribution in [0.15, 0.2) is 72.8 Å². The van der Waals surface area contributed by atoms with E-state index < -0.39 is 0 Å². The van der Waals surface area contributed by atoms with Gasteiger partial charge in [0.25, 0.3) is 0 Å². The van der Waals surface area contributed by atoms with Gasteiger partial charge < -0.3 is 24.3 Å². The van der Waals surface area contributed by atoms with E-state index in [2.05, 4.69) is 5.32 Å². The largest absolute Gasteiger partial charge is 0.493 e. The highest BCUT2D eigenvalue weighted by molar-refractivity contribution is 5.81. The number of hydrogen-bond donors (Lipinski definition) is 1. The first kappa shape index (κ1) is 27.7. The number of carbonyl (C=O) groups excluding carboxylic acids is 2. The van der Waals surface area contributed by atoms with Crippen molar-refractivity contribution in [3.63, 3.8) is 0 Å². The minimum Gasteiger partial charge on any atom is -0.493 e. The van der Waals surface area contributed by atoms with Gasteiger partial charge in [0.1, 0.15) is 12.4 Å². The molecular weight excluding hydrogens is 492 g/mol. The molecule has 8 heteroatoms. The van der Waals surface area contributed by atoms with Gasteiger partial charge in [0.05, 0.1) is 31.7 Å². The fraction of sp³-hybridized carbons (Fsp3) is 0.323. The Kier molecular flexibility index (Phi) is 9.20. The van der Waals surface area contributed by atoms with Crippen LogP contribution in [-0.4, -0.2) is 53.1 Å².